The van der Waals surface area contributed by atoms with Crippen molar-refractivity contribution in [3.63, 3.8) is 0 Å². The third-order valence-corrected chi connectivity index (χ3v) is 5.66. The van der Waals surface area contributed by atoms with Crippen LogP contribution in [0.3, 0.4) is 0 Å². The Bertz CT molecular complexity index is 790. The van der Waals surface area contributed by atoms with E-state index in [1.54, 1.807) is 6.92 Å². The summed E-state index contributed by atoms with van der Waals surface area (Å²) in [6, 6.07) is 0. The van der Waals surface area contributed by atoms with Gasteiger partial charge in [0.05, 0.1) is 0 Å². The Kier molecular flexibility index (Phi) is 4.09. The lowest BCUT2D eigenvalue weighted by atomic mass is 9.56. The summed E-state index contributed by atoms with van der Waals surface area (Å²) in [5.41, 5.74) is 1.01. The summed E-state index contributed by atoms with van der Waals surface area (Å²) in [4.78, 5) is 48.1. The molecular formula is C19H22O7. The van der Waals surface area contributed by atoms with Gasteiger partial charge in [-0.3, -0.25) is 14.4 Å². The highest BCUT2D eigenvalue weighted by molar-refractivity contribution is 5.98. The van der Waals surface area contributed by atoms with Gasteiger partial charge in [-0.2, -0.15) is 0 Å². The van der Waals surface area contributed by atoms with Gasteiger partial charge < -0.3 is 14.2 Å². The van der Waals surface area contributed by atoms with Crippen LogP contribution in [0.15, 0.2) is 22.8 Å². The number of carbonyl (C=O) groups is 4. The lowest BCUT2D eigenvalue weighted by Gasteiger charge is -2.52. The third-order valence-electron chi connectivity index (χ3n) is 5.66. The Morgan fingerprint density at radius 2 is 1.85 bits per heavy atom. The van der Waals surface area contributed by atoms with Crippen molar-refractivity contribution in [3.05, 3.63) is 22.8 Å². The molecule has 3 rings (SSSR count). The van der Waals surface area contributed by atoms with E-state index in [-0.39, 0.29) is 18.1 Å². The molecule has 0 aromatic carbocycles. The van der Waals surface area contributed by atoms with E-state index in [4.69, 9.17) is 14.2 Å². The quantitative estimate of drug-likeness (QED) is 0.693. The molecule has 0 unspecified atom stereocenters. The van der Waals surface area contributed by atoms with Gasteiger partial charge in [-0.15, -0.1) is 0 Å². The van der Waals surface area contributed by atoms with Crippen LogP contribution in [0.25, 0.3) is 0 Å². The second kappa shape index (κ2) is 5.79. The zero-order chi connectivity index (χ0) is 19.4. The van der Waals surface area contributed by atoms with Crippen LogP contribution in [0.4, 0.5) is 0 Å². The van der Waals surface area contributed by atoms with Gasteiger partial charge in [0, 0.05) is 36.8 Å². The standard InChI is InChI=1S/C19H22O7/c1-9-6-15(22)16(24-11(3)20)18(5)8-19(25-12(4)21)14(7-13(9)18)10(2)17(23)26-19/h6,13,16H,7-8H2,1-5H3/t13-,16+,18+,19-/m1/s1. The van der Waals surface area contributed by atoms with Crippen molar-refractivity contribution < 1.29 is 33.4 Å². The molecule has 7 heteroatoms. The van der Waals surface area contributed by atoms with Gasteiger partial charge in [0.15, 0.2) is 11.9 Å². The summed E-state index contributed by atoms with van der Waals surface area (Å²) in [5.74, 6) is -3.71. The maximum atomic E-state index is 12.6. The van der Waals surface area contributed by atoms with Crippen LogP contribution in [-0.4, -0.2) is 35.6 Å². The topological polar surface area (TPSA) is 96.0 Å². The van der Waals surface area contributed by atoms with Crippen LogP contribution in [-0.2, 0) is 33.4 Å². The Morgan fingerprint density at radius 3 is 2.42 bits per heavy atom. The largest absolute Gasteiger partial charge is 0.454 e. The second-order valence-corrected chi connectivity index (χ2v) is 7.56. The molecule has 3 aliphatic rings. The van der Waals surface area contributed by atoms with Crippen molar-refractivity contribution in [1.29, 1.82) is 0 Å². The first-order valence-electron chi connectivity index (χ1n) is 8.52. The SMILES string of the molecule is CC(=O)O[C@H]1C(=O)C=C(C)[C@H]2CC3=C(C)C(=O)O[C@]3(OC(C)=O)C[C@@]21C. The number of hydrogen-bond acceptors (Lipinski definition) is 7. The maximum Gasteiger partial charge on any atom is 0.337 e. The molecule has 26 heavy (non-hydrogen) atoms. The normalized spacial score (nSPS) is 36.0. The highest BCUT2D eigenvalue weighted by Gasteiger charge is 2.64. The van der Waals surface area contributed by atoms with Crippen LogP contribution in [0.5, 0.6) is 0 Å². The van der Waals surface area contributed by atoms with E-state index < -0.39 is 35.2 Å². The van der Waals surface area contributed by atoms with Crippen molar-refractivity contribution in [2.75, 3.05) is 0 Å². The van der Waals surface area contributed by atoms with E-state index in [0.29, 0.717) is 17.6 Å². The first-order valence-corrected chi connectivity index (χ1v) is 8.52. The Labute approximate surface area is 151 Å². The van der Waals surface area contributed by atoms with Gasteiger partial charge in [-0.1, -0.05) is 12.5 Å². The van der Waals surface area contributed by atoms with E-state index in [2.05, 4.69) is 0 Å². The molecule has 0 saturated heterocycles. The Morgan fingerprint density at radius 1 is 1.19 bits per heavy atom. The maximum absolute atomic E-state index is 12.6. The zero-order valence-electron chi connectivity index (χ0n) is 15.5. The van der Waals surface area contributed by atoms with Gasteiger partial charge in [0.1, 0.15) is 0 Å². The molecule has 0 spiro atoms. The van der Waals surface area contributed by atoms with Crippen molar-refractivity contribution in [2.45, 2.75) is 59.4 Å². The Hall–Kier alpha value is -2.44. The molecule has 1 heterocycles. The van der Waals surface area contributed by atoms with E-state index >= 15 is 0 Å². The average molecular weight is 362 g/mol. The summed E-state index contributed by atoms with van der Waals surface area (Å²) >= 11 is 0. The van der Waals surface area contributed by atoms with Crippen molar-refractivity contribution in [2.24, 2.45) is 11.3 Å². The van der Waals surface area contributed by atoms with Crippen LogP contribution >= 0.6 is 0 Å². The minimum Gasteiger partial charge on any atom is -0.454 e. The summed E-state index contributed by atoms with van der Waals surface area (Å²) in [6.07, 6.45) is 0.904. The molecule has 1 aliphatic heterocycles. The molecule has 0 amide bonds. The smallest absolute Gasteiger partial charge is 0.337 e. The third kappa shape index (κ3) is 2.57. The molecule has 2 aliphatic carbocycles. The number of ether oxygens (including phenoxy) is 3. The molecule has 4 atom stereocenters. The van der Waals surface area contributed by atoms with Gasteiger partial charge in [-0.25, -0.2) is 4.79 Å². The van der Waals surface area contributed by atoms with Gasteiger partial charge in [0.2, 0.25) is 0 Å². The number of esters is 3. The lowest BCUT2D eigenvalue weighted by Crippen LogP contribution is -2.58. The predicted octanol–water partition coefficient (Wildman–Crippen LogP) is 2.00. The molecule has 0 radical (unpaired) electrons. The monoisotopic (exact) mass is 362 g/mol. The molecule has 7 nitrogen and oxygen atoms in total. The van der Waals surface area contributed by atoms with Crippen LogP contribution < -0.4 is 0 Å². The molecular weight excluding hydrogens is 340 g/mol. The van der Waals surface area contributed by atoms with Crippen LogP contribution in [0, 0.1) is 11.3 Å². The number of allylic oxidation sites excluding steroid dienone is 1. The zero-order valence-corrected chi connectivity index (χ0v) is 15.5. The number of ketones is 1. The summed E-state index contributed by atoms with van der Waals surface area (Å²) < 4.78 is 16.3. The minimum absolute atomic E-state index is 0.0531. The fraction of sp³-hybridized carbons (Fsp3) is 0.579. The highest BCUT2D eigenvalue weighted by Crippen LogP contribution is 2.59. The molecule has 1 saturated carbocycles. The van der Waals surface area contributed by atoms with Crippen molar-refractivity contribution >= 4 is 23.7 Å². The summed E-state index contributed by atoms with van der Waals surface area (Å²) in [6.45, 7) is 7.78. The van der Waals surface area contributed by atoms with E-state index in [1.807, 2.05) is 13.8 Å². The number of hydrogen-bond donors (Lipinski definition) is 0. The van der Waals surface area contributed by atoms with E-state index in [0.717, 1.165) is 5.57 Å². The van der Waals surface area contributed by atoms with Crippen molar-refractivity contribution in [1.82, 2.24) is 0 Å². The molecule has 0 N–H and O–H groups in total. The van der Waals surface area contributed by atoms with E-state index in [1.165, 1.54) is 19.9 Å². The Balaban J connectivity index is 2.14. The van der Waals surface area contributed by atoms with Crippen LogP contribution in [0.1, 0.15) is 47.5 Å². The molecule has 0 aromatic rings. The van der Waals surface area contributed by atoms with Gasteiger partial charge in [-0.05, 0) is 32.3 Å². The number of rotatable bonds is 2. The molecule has 0 aromatic heterocycles. The van der Waals surface area contributed by atoms with Crippen molar-refractivity contribution in [3.8, 4) is 0 Å². The lowest BCUT2D eigenvalue weighted by molar-refractivity contribution is -0.230. The fourth-order valence-electron chi connectivity index (χ4n) is 4.60. The summed E-state index contributed by atoms with van der Waals surface area (Å²) in [7, 11) is 0. The summed E-state index contributed by atoms with van der Waals surface area (Å²) in [5, 5.41) is 0. The predicted molar refractivity (Wildman–Crippen MR) is 88.4 cm³/mol. The fourth-order valence-corrected chi connectivity index (χ4v) is 4.60. The van der Waals surface area contributed by atoms with Gasteiger partial charge >= 0.3 is 17.9 Å². The van der Waals surface area contributed by atoms with Crippen LogP contribution in [0.2, 0.25) is 0 Å². The van der Waals surface area contributed by atoms with Gasteiger partial charge in [0.25, 0.3) is 5.79 Å². The minimum atomic E-state index is -1.55. The first kappa shape index (κ1) is 18.4. The highest BCUT2D eigenvalue weighted by atomic mass is 16.7. The molecule has 0 bridgehead atoms. The molecule has 1 fully saturated rings. The number of carbonyl (C=O) groups excluding carboxylic acids is 4. The first-order chi connectivity index (χ1) is 12.0. The van der Waals surface area contributed by atoms with E-state index in [9.17, 15) is 19.2 Å². The molecule has 140 valence electrons. The second-order valence-electron chi connectivity index (χ2n) is 7.56. The number of fused-ring (bicyclic) bond motifs is 2. The average Bonchev–Trinajstić information content (AvgIpc) is 2.71.